The number of rotatable bonds is 5. The SMILES string of the molecule is CCc1cc(C(O)Cc2cc(C)nn2CC)n(C)n1. The second-order valence-electron chi connectivity index (χ2n) is 4.85. The molecule has 2 heterocycles. The zero-order chi connectivity index (χ0) is 14.0. The Bertz CT molecular complexity index is 556. The molecule has 0 aliphatic rings. The maximum atomic E-state index is 10.4. The zero-order valence-corrected chi connectivity index (χ0v) is 12.1. The van der Waals surface area contributed by atoms with Crippen molar-refractivity contribution in [2.45, 2.75) is 46.3 Å². The molecule has 0 aliphatic carbocycles. The van der Waals surface area contributed by atoms with Gasteiger partial charge in [0.1, 0.15) is 6.10 Å². The van der Waals surface area contributed by atoms with Gasteiger partial charge in [0.15, 0.2) is 0 Å². The predicted molar refractivity (Wildman–Crippen MR) is 73.9 cm³/mol. The predicted octanol–water partition coefficient (Wildman–Crippen LogP) is 1.78. The van der Waals surface area contributed by atoms with Crippen molar-refractivity contribution < 1.29 is 5.11 Å². The summed E-state index contributed by atoms with van der Waals surface area (Å²) < 4.78 is 3.71. The summed E-state index contributed by atoms with van der Waals surface area (Å²) >= 11 is 0. The highest BCUT2D eigenvalue weighted by atomic mass is 16.3. The molecule has 0 fully saturated rings. The van der Waals surface area contributed by atoms with E-state index in [1.807, 2.05) is 30.8 Å². The van der Waals surface area contributed by atoms with Crippen molar-refractivity contribution in [3.63, 3.8) is 0 Å². The lowest BCUT2D eigenvalue weighted by atomic mass is 10.1. The molecular formula is C14H22N4O. The summed E-state index contributed by atoms with van der Waals surface area (Å²) in [5, 5.41) is 19.2. The van der Waals surface area contributed by atoms with Gasteiger partial charge in [-0.15, -0.1) is 0 Å². The second kappa shape index (κ2) is 5.57. The Hall–Kier alpha value is -1.62. The van der Waals surface area contributed by atoms with Crippen LogP contribution in [-0.4, -0.2) is 24.7 Å². The highest BCUT2D eigenvalue weighted by molar-refractivity contribution is 5.17. The van der Waals surface area contributed by atoms with Gasteiger partial charge in [-0.25, -0.2) is 0 Å². The third kappa shape index (κ3) is 2.87. The number of aromatic nitrogens is 4. The second-order valence-corrected chi connectivity index (χ2v) is 4.85. The van der Waals surface area contributed by atoms with Gasteiger partial charge in [0, 0.05) is 25.7 Å². The van der Waals surface area contributed by atoms with Crippen molar-refractivity contribution in [1.29, 1.82) is 0 Å². The third-order valence-corrected chi connectivity index (χ3v) is 3.36. The van der Waals surface area contributed by atoms with E-state index in [-0.39, 0.29) is 0 Å². The minimum absolute atomic E-state index is 0.542. The van der Waals surface area contributed by atoms with Gasteiger partial charge in [0.05, 0.1) is 17.1 Å². The van der Waals surface area contributed by atoms with Crippen LogP contribution in [0.15, 0.2) is 12.1 Å². The number of hydrogen-bond donors (Lipinski definition) is 1. The standard InChI is InChI=1S/C14H22N4O/c1-5-11-8-13(17(4)16-11)14(19)9-12-7-10(3)15-18(12)6-2/h7-8,14,19H,5-6,9H2,1-4H3. The topological polar surface area (TPSA) is 55.9 Å². The third-order valence-electron chi connectivity index (χ3n) is 3.36. The fourth-order valence-corrected chi connectivity index (χ4v) is 2.37. The fraction of sp³-hybridized carbons (Fsp3) is 0.571. The number of aliphatic hydroxyl groups excluding tert-OH is 1. The molecule has 5 nitrogen and oxygen atoms in total. The number of nitrogens with zero attached hydrogens (tertiary/aromatic N) is 4. The molecule has 0 spiro atoms. The maximum absolute atomic E-state index is 10.4. The summed E-state index contributed by atoms with van der Waals surface area (Å²) in [6, 6.07) is 4.01. The van der Waals surface area contributed by atoms with Crippen LogP contribution in [0.2, 0.25) is 0 Å². The summed E-state index contributed by atoms with van der Waals surface area (Å²) in [7, 11) is 1.88. The summed E-state index contributed by atoms with van der Waals surface area (Å²) in [5.74, 6) is 0. The zero-order valence-electron chi connectivity index (χ0n) is 12.1. The number of aliphatic hydroxyl groups is 1. The van der Waals surface area contributed by atoms with Gasteiger partial charge in [0.2, 0.25) is 0 Å². The lowest BCUT2D eigenvalue weighted by Crippen LogP contribution is -2.11. The summed E-state index contributed by atoms with van der Waals surface area (Å²) in [4.78, 5) is 0. The molecule has 2 aromatic heterocycles. The van der Waals surface area contributed by atoms with Crippen molar-refractivity contribution in [1.82, 2.24) is 19.6 Å². The smallest absolute Gasteiger partial charge is 0.101 e. The lowest BCUT2D eigenvalue weighted by molar-refractivity contribution is 0.165. The number of hydrogen-bond acceptors (Lipinski definition) is 3. The van der Waals surface area contributed by atoms with Gasteiger partial charge in [-0.1, -0.05) is 6.92 Å². The van der Waals surface area contributed by atoms with Crippen LogP contribution in [0.4, 0.5) is 0 Å². The Morgan fingerprint density at radius 2 is 2.00 bits per heavy atom. The summed E-state index contributed by atoms with van der Waals surface area (Å²) in [6.45, 7) is 6.92. The highest BCUT2D eigenvalue weighted by Crippen LogP contribution is 2.19. The van der Waals surface area contributed by atoms with Crippen molar-refractivity contribution in [3.05, 3.63) is 34.9 Å². The molecule has 2 aromatic rings. The largest absolute Gasteiger partial charge is 0.386 e. The van der Waals surface area contributed by atoms with Crippen molar-refractivity contribution in [2.75, 3.05) is 0 Å². The first-order valence-electron chi connectivity index (χ1n) is 6.79. The van der Waals surface area contributed by atoms with Crippen LogP contribution in [0, 0.1) is 6.92 Å². The molecule has 0 aliphatic heterocycles. The van der Waals surface area contributed by atoms with E-state index in [1.54, 1.807) is 4.68 Å². The Balaban J connectivity index is 2.19. The minimum atomic E-state index is -0.542. The van der Waals surface area contributed by atoms with E-state index in [0.717, 1.165) is 35.7 Å². The normalized spacial score (nSPS) is 12.9. The molecule has 104 valence electrons. The molecule has 0 saturated heterocycles. The van der Waals surface area contributed by atoms with E-state index in [1.165, 1.54) is 0 Å². The van der Waals surface area contributed by atoms with Gasteiger partial charge in [-0.05, 0) is 32.4 Å². The average molecular weight is 262 g/mol. The molecule has 1 atom stereocenters. The average Bonchev–Trinajstić information content (AvgIpc) is 2.92. The summed E-state index contributed by atoms with van der Waals surface area (Å²) in [6.07, 6.45) is 0.906. The molecule has 19 heavy (non-hydrogen) atoms. The van der Waals surface area contributed by atoms with Crippen LogP contribution in [0.1, 0.15) is 42.7 Å². The van der Waals surface area contributed by atoms with Crippen molar-refractivity contribution >= 4 is 0 Å². The Labute approximate surface area is 113 Å². The molecule has 0 saturated carbocycles. The fourth-order valence-electron chi connectivity index (χ4n) is 2.37. The minimum Gasteiger partial charge on any atom is -0.386 e. The Morgan fingerprint density at radius 3 is 2.58 bits per heavy atom. The van der Waals surface area contributed by atoms with Gasteiger partial charge < -0.3 is 5.11 Å². The van der Waals surface area contributed by atoms with E-state index in [4.69, 9.17) is 0 Å². The van der Waals surface area contributed by atoms with Crippen LogP contribution in [0.5, 0.6) is 0 Å². The van der Waals surface area contributed by atoms with E-state index in [2.05, 4.69) is 24.0 Å². The quantitative estimate of drug-likeness (QED) is 0.893. The molecule has 0 bridgehead atoms. The van der Waals surface area contributed by atoms with Gasteiger partial charge in [-0.2, -0.15) is 10.2 Å². The van der Waals surface area contributed by atoms with E-state index in [0.29, 0.717) is 6.42 Å². The highest BCUT2D eigenvalue weighted by Gasteiger charge is 2.16. The molecule has 5 heteroatoms. The first-order valence-corrected chi connectivity index (χ1v) is 6.79. The van der Waals surface area contributed by atoms with E-state index >= 15 is 0 Å². The molecule has 0 aromatic carbocycles. The molecule has 1 N–H and O–H groups in total. The van der Waals surface area contributed by atoms with Gasteiger partial charge >= 0.3 is 0 Å². The van der Waals surface area contributed by atoms with Crippen molar-refractivity contribution in [3.8, 4) is 0 Å². The molecule has 0 radical (unpaired) electrons. The van der Waals surface area contributed by atoms with Crippen LogP contribution < -0.4 is 0 Å². The van der Waals surface area contributed by atoms with Crippen LogP contribution in [-0.2, 0) is 26.4 Å². The van der Waals surface area contributed by atoms with Crippen molar-refractivity contribution in [2.24, 2.45) is 7.05 Å². The number of aryl methyl sites for hydroxylation is 4. The first-order chi connectivity index (χ1) is 9.05. The van der Waals surface area contributed by atoms with E-state index < -0.39 is 6.10 Å². The monoisotopic (exact) mass is 262 g/mol. The van der Waals surface area contributed by atoms with E-state index in [9.17, 15) is 5.11 Å². The maximum Gasteiger partial charge on any atom is 0.101 e. The van der Waals surface area contributed by atoms with Gasteiger partial charge in [0.25, 0.3) is 0 Å². The molecular weight excluding hydrogens is 240 g/mol. The molecule has 1 unspecified atom stereocenters. The first kappa shape index (κ1) is 13.8. The summed E-state index contributed by atoms with van der Waals surface area (Å²) in [5.41, 5.74) is 3.92. The van der Waals surface area contributed by atoms with Crippen LogP contribution in [0.25, 0.3) is 0 Å². The molecule has 0 amide bonds. The van der Waals surface area contributed by atoms with Crippen LogP contribution in [0.3, 0.4) is 0 Å². The lowest BCUT2D eigenvalue weighted by Gasteiger charge is -2.11. The van der Waals surface area contributed by atoms with Crippen LogP contribution >= 0.6 is 0 Å². The Morgan fingerprint density at radius 1 is 1.26 bits per heavy atom. The Kier molecular flexibility index (Phi) is 4.04. The van der Waals surface area contributed by atoms with Gasteiger partial charge in [-0.3, -0.25) is 9.36 Å². The molecule has 2 rings (SSSR count).